The molecule has 0 aliphatic carbocycles. The van der Waals surface area contributed by atoms with Gasteiger partial charge in [-0.1, -0.05) is 12.1 Å². The van der Waals surface area contributed by atoms with E-state index in [1.54, 1.807) is 12.4 Å². The summed E-state index contributed by atoms with van der Waals surface area (Å²) in [6.45, 7) is 1.65. The summed E-state index contributed by atoms with van der Waals surface area (Å²) < 4.78 is 1.92. The monoisotopic (exact) mass is 422 g/mol. The smallest absolute Gasteiger partial charge is 0.326 e. The first-order valence-corrected chi connectivity index (χ1v) is 10.9. The van der Waals surface area contributed by atoms with Gasteiger partial charge in [-0.3, -0.25) is 14.5 Å². The van der Waals surface area contributed by atoms with Crippen molar-refractivity contribution in [2.45, 2.75) is 18.9 Å². The van der Waals surface area contributed by atoms with Crippen LogP contribution in [0.25, 0.3) is 33.2 Å². The maximum Gasteiger partial charge on any atom is 0.326 e. The van der Waals surface area contributed by atoms with Gasteiger partial charge >= 0.3 is 5.69 Å². The van der Waals surface area contributed by atoms with Crippen molar-refractivity contribution in [3.05, 3.63) is 83.7 Å². The highest BCUT2D eigenvalue weighted by atomic mass is 16.1. The zero-order valence-electron chi connectivity index (χ0n) is 17.5. The number of rotatable bonds is 3. The lowest BCUT2D eigenvalue weighted by atomic mass is 10.0. The number of fused-ring (bicyclic) bond motifs is 2. The summed E-state index contributed by atoms with van der Waals surface area (Å²) in [5, 5.41) is 1.05. The number of imidazole rings is 1. The van der Waals surface area contributed by atoms with Gasteiger partial charge in [-0.2, -0.15) is 0 Å². The number of nitrogens with zero attached hydrogens (tertiary/aromatic N) is 5. The average Bonchev–Trinajstić information content (AvgIpc) is 3.19. The molecule has 0 amide bonds. The molecule has 6 rings (SSSR count). The molecule has 5 heterocycles. The fourth-order valence-corrected chi connectivity index (χ4v) is 4.74. The number of aromatic amines is 1. The van der Waals surface area contributed by atoms with Crippen molar-refractivity contribution >= 4 is 27.8 Å². The van der Waals surface area contributed by atoms with Crippen LogP contribution >= 0.6 is 0 Å². The van der Waals surface area contributed by atoms with Gasteiger partial charge in [-0.05, 0) is 55.3 Å². The third kappa shape index (κ3) is 3.13. The number of piperidine rings is 1. The molecule has 7 nitrogen and oxygen atoms in total. The summed E-state index contributed by atoms with van der Waals surface area (Å²) in [4.78, 5) is 31.7. The molecule has 7 heteroatoms. The Balaban J connectivity index is 1.35. The van der Waals surface area contributed by atoms with Crippen LogP contribution in [0.2, 0.25) is 0 Å². The summed E-state index contributed by atoms with van der Waals surface area (Å²) >= 11 is 0. The standard InChI is InChI=1S/C25H22N6O/c32-25-29-20-5-1-2-6-23(20)31(25)18-9-14-30(15-10-18)24-19-4-3-11-27-22(19)16-21(28-24)17-7-12-26-13-8-17/h1-8,11-13,16,18H,9-10,14-15H2,(H,29,32). The molecule has 0 spiro atoms. The average molecular weight is 422 g/mol. The number of H-pyrrole nitrogens is 1. The second kappa shape index (κ2) is 7.60. The number of pyridine rings is 3. The van der Waals surface area contributed by atoms with Gasteiger partial charge in [0.25, 0.3) is 0 Å². The minimum atomic E-state index is -0.0305. The van der Waals surface area contributed by atoms with Crippen LogP contribution in [0.3, 0.4) is 0 Å². The molecule has 1 saturated heterocycles. The molecule has 0 bridgehead atoms. The maximum atomic E-state index is 12.6. The van der Waals surface area contributed by atoms with E-state index in [9.17, 15) is 4.79 Å². The Labute approximate surface area is 184 Å². The number of hydrogen-bond donors (Lipinski definition) is 1. The Morgan fingerprint density at radius 2 is 1.75 bits per heavy atom. The van der Waals surface area contributed by atoms with Crippen molar-refractivity contribution in [1.29, 1.82) is 0 Å². The van der Waals surface area contributed by atoms with E-state index >= 15 is 0 Å². The van der Waals surface area contributed by atoms with Crippen LogP contribution in [-0.2, 0) is 0 Å². The van der Waals surface area contributed by atoms with Crippen LogP contribution in [0.15, 0.2) is 78.0 Å². The minimum Gasteiger partial charge on any atom is -0.356 e. The lowest BCUT2D eigenvalue weighted by Crippen LogP contribution is -2.37. The molecular weight excluding hydrogens is 400 g/mol. The zero-order chi connectivity index (χ0) is 21.5. The first kappa shape index (κ1) is 18.7. The summed E-state index contributed by atoms with van der Waals surface area (Å²) in [5.74, 6) is 0.951. The van der Waals surface area contributed by atoms with Gasteiger partial charge in [0.05, 0.1) is 22.2 Å². The summed E-state index contributed by atoms with van der Waals surface area (Å²) in [7, 11) is 0. The molecule has 0 unspecified atom stereocenters. The highest BCUT2D eigenvalue weighted by Crippen LogP contribution is 2.33. The molecule has 5 aromatic rings. The van der Waals surface area contributed by atoms with Gasteiger partial charge in [0.1, 0.15) is 5.82 Å². The fraction of sp³-hybridized carbons (Fsp3) is 0.200. The van der Waals surface area contributed by atoms with E-state index in [0.29, 0.717) is 0 Å². The van der Waals surface area contributed by atoms with Crippen LogP contribution in [0.1, 0.15) is 18.9 Å². The van der Waals surface area contributed by atoms with Crippen molar-refractivity contribution < 1.29 is 0 Å². The Morgan fingerprint density at radius 1 is 0.938 bits per heavy atom. The number of benzene rings is 1. The van der Waals surface area contributed by atoms with Crippen LogP contribution in [0, 0.1) is 0 Å². The molecule has 32 heavy (non-hydrogen) atoms. The second-order valence-corrected chi connectivity index (χ2v) is 8.17. The molecule has 1 fully saturated rings. The fourth-order valence-electron chi connectivity index (χ4n) is 4.74. The maximum absolute atomic E-state index is 12.6. The minimum absolute atomic E-state index is 0.0305. The molecule has 158 valence electrons. The number of nitrogens with one attached hydrogen (secondary N) is 1. The Bertz CT molecular complexity index is 1460. The Kier molecular flexibility index (Phi) is 4.45. The van der Waals surface area contributed by atoms with Crippen molar-refractivity contribution in [1.82, 2.24) is 24.5 Å². The molecule has 0 saturated carbocycles. The molecule has 1 aliphatic rings. The van der Waals surface area contributed by atoms with E-state index in [1.165, 1.54) is 0 Å². The first-order chi connectivity index (χ1) is 15.8. The lowest BCUT2D eigenvalue weighted by molar-refractivity contribution is 0.396. The third-order valence-corrected chi connectivity index (χ3v) is 6.31. The molecule has 0 radical (unpaired) electrons. The summed E-state index contributed by atoms with van der Waals surface area (Å²) in [6.07, 6.45) is 7.14. The second-order valence-electron chi connectivity index (χ2n) is 8.17. The number of para-hydroxylation sites is 2. The highest BCUT2D eigenvalue weighted by Gasteiger charge is 2.25. The zero-order valence-corrected chi connectivity index (χ0v) is 17.5. The van der Waals surface area contributed by atoms with E-state index in [2.05, 4.69) is 25.9 Å². The molecule has 1 aromatic carbocycles. The van der Waals surface area contributed by atoms with Gasteiger partial charge in [-0.15, -0.1) is 0 Å². The predicted octanol–water partition coefficient (Wildman–Crippen LogP) is 4.18. The lowest BCUT2D eigenvalue weighted by Gasteiger charge is -2.34. The van der Waals surface area contributed by atoms with E-state index in [4.69, 9.17) is 4.98 Å². The van der Waals surface area contributed by atoms with E-state index in [-0.39, 0.29) is 11.7 Å². The summed E-state index contributed by atoms with van der Waals surface area (Å²) in [6, 6.07) is 18.1. The van der Waals surface area contributed by atoms with Gasteiger partial charge in [-0.25, -0.2) is 9.78 Å². The van der Waals surface area contributed by atoms with Gasteiger partial charge in [0.2, 0.25) is 0 Å². The summed E-state index contributed by atoms with van der Waals surface area (Å²) in [5.41, 5.74) is 4.68. The van der Waals surface area contributed by atoms with Crippen LogP contribution in [-0.4, -0.2) is 37.6 Å². The van der Waals surface area contributed by atoms with E-state index in [1.807, 2.05) is 59.3 Å². The molecule has 1 N–H and O–H groups in total. The van der Waals surface area contributed by atoms with E-state index in [0.717, 1.165) is 64.9 Å². The number of hydrogen-bond acceptors (Lipinski definition) is 5. The highest BCUT2D eigenvalue weighted by molar-refractivity contribution is 5.92. The van der Waals surface area contributed by atoms with Gasteiger partial charge in [0, 0.05) is 48.7 Å². The quantitative estimate of drug-likeness (QED) is 0.472. The van der Waals surface area contributed by atoms with Crippen molar-refractivity contribution in [3.8, 4) is 11.3 Å². The van der Waals surface area contributed by atoms with Crippen molar-refractivity contribution in [2.24, 2.45) is 0 Å². The Hall–Kier alpha value is -4.00. The molecule has 0 atom stereocenters. The normalized spacial score (nSPS) is 14.9. The predicted molar refractivity (Wildman–Crippen MR) is 126 cm³/mol. The molecule has 4 aromatic heterocycles. The van der Waals surface area contributed by atoms with Crippen molar-refractivity contribution in [3.63, 3.8) is 0 Å². The number of anilines is 1. The Morgan fingerprint density at radius 3 is 2.59 bits per heavy atom. The number of aromatic nitrogens is 5. The van der Waals surface area contributed by atoms with Crippen LogP contribution in [0.4, 0.5) is 5.82 Å². The van der Waals surface area contributed by atoms with Crippen molar-refractivity contribution in [2.75, 3.05) is 18.0 Å². The SMILES string of the molecule is O=c1[nH]c2ccccc2n1C1CCN(c2nc(-c3ccncc3)cc3ncccc23)CC1. The van der Waals surface area contributed by atoms with Crippen LogP contribution in [0.5, 0.6) is 0 Å². The molecule has 1 aliphatic heterocycles. The third-order valence-electron chi connectivity index (χ3n) is 6.31. The topological polar surface area (TPSA) is 79.7 Å². The van der Waals surface area contributed by atoms with E-state index < -0.39 is 0 Å². The van der Waals surface area contributed by atoms with Gasteiger partial charge in [0.15, 0.2) is 0 Å². The first-order valence-electron chi connectivity index (χ1n) is 10.9. The molecular formula is C25H22N6O. The van der Waals surface area contributed by atoms with Gasteiger partial charge < -0.3 is 9.88 Å². The largest absolute Gasteiger partial charge is 0.356 e. The van der Waals surface area contributed by atoms with Crippen LogP contribution < -0.4 is 10.6 Å².